The summed E-state index contributed by atoms with van der Waals surface area (Å²) in [5.74, 6) is 0. The molecule has 1 aliphatic rings. The van der Waals surface area contributed by atoms with Crippen molar-refractivity contribution < 1.29 is 0 Å². The molecule has 0 amide bonds. The Morgan fingerprint density at radius 3 is 2.67 bits per heavy atom. The van der Waals surface area contributed by atoms with E-state index in [2.05, 4.69) is 20.9 Å². The number of aromatic nitrogens is 4. The van der Waals surface area contributed by atoms with E-state index in [0.717, 1.165) is 47.7 Å². The summed E-state index contributed by atoms with van der Waals surface area (Å²) in [6.45, 7) is 0.353. The van der Waals surface area contributed by atoms with Crippen LogP contribution in [-0.4, -0.2) is 25.1 Å². The summed E-state index contributed by atoms with van der Waals surface area (Å²) in [7, 11) is 0. The van der Waals surface area contributed by atoms with Crippen LogP contribution in [0.15, 0.2) is 52.0 Å². The summed E-state index contributed by atoms with van der Waals surface area (Å²) < 4.78 is 4.28. The van der Waals surface area contributed by atoms with Crippen molar-refractivity contribution in [2.24, 2.45) is 5.73 Å². The minimum atomic E-state index is -0.0806. The van der Waals surface area contributed by atoms with Crippen LogP contribution in [0, 0.1) is 0 Å². The van der Waals surface area contributed by atoms with Crippen molar-refractivity contribution >= 4 is 49.6 Å². The highest BCUT2D eigenvalue weighted by Crippen LogP contribution is 2.34. The Kier molecular flexibility index (Phi) is 5.13. The van der Waals surface area contributed by atoms with Crippen LogP contribution in [0.25, 0.3) is 22.1 Å². The zero-order valence-electron chi connectivity index (χ0n) is 16.3. The molecule has 0 saturated heterocycles. The minimum Gasteiger partial charge on any atom is -0.328 e. The van der Waals surface area contributed by atoms with E-state index in [1.807, 2.05) is 41.0 Å². The zero-order chi connectivity index (χ0) is 20.8. The van der Waals surface area contributed by atoms with E-state index in [-0.39, 0.29) is 17.8 Å². The number of benzene rings is 1. The standard InChI is InChI=1S/C22H21BrClN5O/c23-20-16-5-3-11-26-18(16)19-21(27-20)28(12-13-4-1-2-6-17(13)24)22(30)29(19)15-9-7-14(25)8-10-15/h1-6,11,14-15H,7-10,12,25H2. The maximum atomic E-state index is 13.7. The van der Waals surface area contributed by atoms with Gasteiger partial charge in [0.05, 0.1) is 6.54 Å². The number of rotatable bonds is 3. The van der Waals surface area contributed by atoms with Crippen molar-refractivity contribution in [3.05, 3.63) is 68.3 Å². The molecule has 8 heteroatoms. The maximum Gasteiger partial charge on any atom is 0.330 e. The van der Waals surface area contributed by atoms with Crippen LogP contribution in [0.3, 0.4) is 0 Å². The number of pyridine rings is 2. The SMILES string of the molecule is NC1CCC(n2c(=O)n(Cc3ccccc3Cl)c3nc(Br)c4cccnc4c32)CC1. The molecule has 6 nitrogen and oxygen atoms in total. The predicted molar refractivity (Wildman–Crippen MR) is 123 cm³/mol. The van der Waals surface area contributed by atoms with Crippen molar-refractivity contribution in [1.29, 1.82) is 0 Å². The third-order valence-corrected chi connectivity index (χ3v) is 6.97. The molecule has 1 saturated carbocycles. The molecule has 3 heterocycles. The van der Waals surface area contributed by atoms with E-state index >= 15 is 0 Å². The van der Waals surface area contributed by atoms with Gasteiger partial charge in [-0.05, 0) is 65.4 Å². The molecule has 1 fully saturated rings. The van der Waals surface area contributed by atoms with Crippen molar-refractivity contribution in [1.82, 2.24) is 19.1 Å². The lowest BCUT2D eigenvalue weighted by atomic mass is 9.91. The average molecular weight is 487 g/mol. The molecule has 0 spiro atoms. The van der Waals surface area contributed by atoms with Crippen LogP contribution in [-0.2, 0) is 6.54 Å². The van der Waals surface area contributed by atoms with Crippen LogP contribution < -0.4 is 11.4 Å². The highest BCUT2D eigenvalue weighted by Gasteiger charge is 2.28. The van der Waals surface area contributed by atoms with E-state index in [9.17, 15) is 4.79 Å². The van der Waals surface area contributed by atoms with Crippen LogP contribution in [0.4, 0.5) is 0 Å². The van der Waals surface area contributed by atoms with E-state index in [1.54, 1.807) is 10.8 Å². The number of nitrogens with zero attached hydrogens (tertiary/aromatic N) is 4. The first-order valence-corrected chi connectivity index (χ1v) is 11.3. The number of hydrogen-bond donors (Lipinski definition) is 1. The summed E-state index contributed by atoms with van der Waals surface area (Å²) in [5.41, 5.74) is 9.10. The Bertz CT molecular complexity index is 1310. The van der Waals surface area contributed by atoms with Gasteiger partial charge in [-0.2, -0.15) is 0 Å². The molecule has 5 rings (SSSR count). The van der Waals surface area contributed by atoms with Gasteiger partial charge in [-0.15, -0.1) is 0 Å². The smallest absolute Gasteiger partial charge is 0.328 e. The number of halogens is 2. The molecule has 154 valence electrons. The fourth-order valence-corrected chi connectivity index (χ4v) is 5.12. The molecule has 4 aromatic rings. The second kappa shape index (κ2) is 7.80. The molecule has 0 aliphatic heterocycles. The highest BCUT2D eigenvalue weighted by atomic mass is 79.9. The summed E-state index contributed by atoms with van der Waals surface area (Å²) in [6.07, 6.45) is 5.31. The van der Waals surface area contributed by atoms with Gasteiger partial charge < -0.3 is 5.73 Å². The Labute approximate surface area is 186 Å². The lowest BCUT2D eigenvalue weighted by Gasteiger charge is -2.27. The topological polar surface area (TPSA) is 78.7 Å². The van der Waals surface area contributed by atoms with Gasteiger partial charge in [0.1, 0.15) is 15.6 Å². The second-order valence-electron chi connectivity index (χ2n) is 7.87. The molecule has 0 radical (unpaired) electrons. The Balaban J connectivity index is 1.79. The number of fused-ring (bicyclic) bond motifs is 3. The van der Waals surface area contributed by atoms with E-state index < -0.39 is 0 Å². The van der Waals surface area contributed by atoms with Gasteiger partial charge in [0, 0.05) is 28.7 Å². The lowest BCUT2D eigenvalue weighted by molar-refractivity contribution is 0.322. The molecule has 1 aliphatic carbocycles. The average Bonchev–Trinajstić information content (AvgIpc) is 3.02. The van der Waals surface area contributed by atoms with Gasteiger partial charge in [0.2, 0.25) is 0 Å². The third kappa shape index (κ3) is 3.25. The highest BCUT2D eigenvalue weighted by molar-refractivity contribution is 9.10. The molecule has 0 atom stereocenters. The van der Waals surface area contributed by atoms with Crippen molar-refractivity contribution in [2.45, 2.75) is 44.3 Å². The van der Waals surface area contributed by atoms with Crippen molar-refractivity contribution in [3.8, 4) is 0 Å². The molecule has 0 bridgehead atoms. The monoisotopic (exact) mass is 485 g/mol. The molecule has 0 unspecified atom stereocenters. The van der Waals surface area contributed by atoms with Gasteiger partial charge >= 0.3 is 5.69 Å². The van der Waals surface area contributed by atoms with Crippen LogP contribution in [0.5, 0.6) is 0 Å². The summed E-state index contributed by atoms with van der Waals surface area (Å²) in [6, 6.07) is 11.7. The van der Waals surface area contributed by atoms with Gasteiger partial charge in [-0.25, -0.2) is 9.78 Å². The fraction of sp³-hybridized carbons (Fsp3) is 0.318. The lowest BCUT2D eigenvalue weighted by Crippen LogP contribution is -2.33. The maximum absolute atomic E-state index is 13.7. The largest absolute Gasteiger partial charge is 0.330 e. The molecular formula is C22H21BrClN5O. The number of imidazole rings is 1. The van der Waals surface area contributed by atoms with Crippen LogP contribution in [0.1, 0.15) is 37.3 Å². The van der Waals surface area contributed by atoms with Gasteiger partial charge in [-0.3, -0.25) is 14.1 Å². The van der Waals surface area contributed by atoms with Crippen LogP contribution in [0.2, 0.25) is 5.02 Å². The normalized spacial score (nSPS) is 19.6. The Hall–Kier alpha value is -2.22. The van der Waals surface area contributed by atoms with E-state index in [1.165, 1.54) is 0 Å². The molecule has 3 aromatic heterocycles. The first-order chi connectivity index (χ1) is 14.5. The van der Waals surface area contributed by atoms with Crippen molar-refractivity contribution in [3.63, 3.8) is 0 Å². The minimum absolute atomic E-state index is 0.0806. The summed E-state index contributed by atoms with van der Waals surface area (Å²) in [4.78, 5) is 23.1. The van der Waals surface area contributed by atoms with Gasteiger partial charge in [-0.1, -0.05) is 29.8 Å². The molecule has 30 heavy (non-hydrogen) atoms. The van der Waals surface area contributed by atoms with Gasteiger partial charge in [0.15, 0.2) is 5.65 Å². The summed E-state index contributed by atoms with van der Waals surface area (Å²) in [5, 5.41) is 1.52. The predicted octanol–water partition coefficient (Wildman–Crippen LogP) is 4.65. The quantitative estimate of drug-likeness (QED) is 0.427. The molecule has 1 aromatic carbocycles. The second-order valence-corrected chi connectivity index (χ2v) is 9.03. The third-order valence-electron chi connectivity index (χ3n) is 6.00. The van der Waals surface area contributed by atoms with Crippen molar-refractivity contribution in [2.75, 3.05) is 0 Å². The number of hydrogen-bond acceptors (Lipinski definition) is 4. The molecule has 2 N–H and O–H groups in total. The van der Waals surface area contributed by atoms with E-state index in [0.29, 0.717) is 21.8 Å². The van der Waals surface area contributed by atoms with E-state index in [4.69, 9.17) is 22.3 Å². The Morgan fingerprint density at radius 2 is 1.90 bits per heavy atom. The zero-order valence-corrected chi connectivity index (χ0v) is 18.6. The van der Waals surface area contributed by atoms with Gasteiger partial charge in [0.25, 0.3) is 0 Å². The first-order valence-electron chi connectivity index (χ1n) is 10.1. The summed E-state index contributed by atoms with van der Waals surface area (Å²) >= 11 is 9.97. The fourth-order valence-electron chi connectivity index (χ4n) is 4.44. The Morgan fingerprint density at radius 1 is 1.13 bits per heavy atom. The molecular weight excluding hydrogens is 466 g/mol. The number of nitrogens with two attached hydrogens (primary N) is 1. The first kappa shape index (κ1) is 19.7. The van der Waals surface area contributed by atoms with Crippen LogP contribution >= 0.6 is 27.5 Å².